The van der Waals surface area contributed by atoms with Gasteiger partial charge in [-0.3, -0.25) is 9.89 Å². The van der Waals surface area contributed by atoms with E-state index in [0.29, 0.717) is 37.6 Å². The summed E-state index contributed by atoms with van der Waals surface area (Å²) >= 11 is 0. The van der Waals surface area contributed by atoms with Crippen LogP contribution in [-0.2, 0) is 11.3 Å². The van der Waals surface area contributed by atoms with Crippen molar-refractivity contribution in [2.24, 2.45) is 0 Å². The molecule has 1 fully saturated rings. The normalized spacial score (nSPS) is 15.5. The first-order valence-corrected chi connectivity index (χ1v) is 13.3. The van der Waals surface area contributed by atoms with E-state index in [-0.39, 0.29) is 17.8 Å². The number of aromatic nitrogens is 5. The predicted octanol–water partition coefficient (Wildman–Crippen LogP) is 4.75. The Morgan fingerprint density at radius 2 is 1.90 bits per heavy atom. The second-order valence-electron chi connectivity index (χ2n) is 10.1. The van der Waals surface area contributed by atoms with Crippen LogP contribution in [0.15, 0.2) is 53.1 Å². The number of rotatable bonds is 6. The molecule has 4 heterocycles. The van der Waals surface area contributed by atoms with Gasteiger partial charge in [0.1, 0.15) is 11.6 Å². The lowest BCUT2D eigenvalue weighted by atomic mass is 10.0. The molecule has 10 heteroatoms. The minimum Gasteiger partial charge on any atom is -0.377 e. The number of nitrogens with one attached hydrogen (secondary N) is 2. The summed E-state index contributed by atoms with van der Waals surface area (Å²) in [5, 5.41) is 15.1. The number of amides is 1. The molecule has 2 N–H and O–H groups in total. The number of carbonyl (C=O) groups is 1. The molecule has 0 aliphatic carbocycles. The number of hydrogen-bond donors (Lipinski definition) is 2. The molecule has 1 saturated heterocycles. The van der Waals surface area contributed by atoms with E-state index < -0.39 is 0 Å². The third-order valence-corrected chi connectivity index (χ3v) is 7.49. The van der Waals surface area contributed by atoms with Crippen molar-refractivity contribution in [3.05, 3.63) is 88.3 Å². The standard InChI is InChI=1S/C30H31N7O3/c1-17-24(18(2)35-34-17)15-31-30(38)28-32-25-11-10-22(27-19(3)36-40-20(27)4)14-23(25)29(33-28)37-12-13-39-16-26(37)21-8-6-5-7-9-21/h5-11,14,26H,12-13,15-16H2,1-4H3,(H,31,38)(H,34,35)/t26-/m1/s1. The lowest BCUT2D eigenvalue weighted by molar-refractivity contribution is 0.0930. The third kappa shape index (κ3) is 4.71. The van der Waals surface area contributed by atoms with Crippen LogP contribution >= 0.6 is 0 Å². The summed E-state index contributed by atoms with van der Waals surface area (Å²) in [5.41, 5.74) is 7.24. The maximum Gasteiger partial charge on any atom is 0.289 e. The Hall–Kier alpha value is -4.57. The lowest BCUT2D eigenvalue weighted by Crippen LogP contribution is -2.40. The zero-order valence-electron chi connectivity index (χ0n) is 23.0. The Morgan fingerprint density at radius 3 is 2.62 bits per heavy atom. The smallest absolute Gasteiger partial charge is 0.289 e. The Bertz CT molecular complexity index is 1650. The van der Waals surface area contributed by atoms with E-state index in [1.807, 2.05) is 58.0 Å². The minimum absolute atomic E-state index is 0.0667. The van der Waals surface area contributed by atoms with E-state index >= 15 is 0 Å². The monoisotopic (exact) mass is 537 g/mol. The molecule has 2 aromatic carbocycles. The number of carbonyl (C=O) groups excluding carboxylic acids is 1. The summed E-state index contributed by atoms with van der Waals surface area (Å²) in [5.74, 6) is 1.21. The molecule has 1 amide bonds. The molecule has 0 saturated carbocycles. The summed E-state index contributed by atoms with van der Waals surface area (Å²) in [6.07, 6.45) is 0. The van der Waals surface area contributed by atoms with Crippen molar-refractivity contribution in [2.45, 2.75) is 40.3 Å². The SMILES string of the molecule is Cc1n[nH]c(C)c1CNC(=O)c1nc(N2CCOC[C@@H]2c2ccccc2)c2cc(-c3c(C)noc3C)ccc2n1. The van der Waals surface area contributed by atoms with E-state index in [1.54, 1.807) is 0 Å². The molecule has 10 nitrogen and oxygen atoms in total. The number of H-pyrrole nitrogens is 1. The average molecular weight is 538 g/mol. The van der Waals surface area contributed by atoms with E-state index in [2.05, 4.69) is 43.8 Å². The first-order valence-electron chi connectivity index (χ1n) is 13.3. The maximum atomic E-state index is 13.4. The molecular formula is C30H31N7O3. The van der Waals surface area contributed by atoms with Crippen molar-refractivity contribution in [1.82, 2.24) is 30.6 Å². The van der Waals surface area contributed by atoms with Crippen LogP contribution in [0.3, 0.4) is 0 Å². The van der Waals surface area contributed by atoms with Crippen LogP contribution in [0.1, 0.15) is 50.6 Å². The van der Waals surface area contributed by atoms with Gasteiger partial charge in [0.15, 0.2) is 0 Å². The molecule has 0 spiro atoms. The van der Waals surface area contributed by atoms with Crippen LogP contribution in [0.5, 0.6) is 0 Å². The van der Waals surface area contributed by atoms with Gasteiger partial charge in [-0.15, -0.1) is 0 Å². The molecule has 0 unspecified atom stereocenters. The molecule has 5 aromatic rings. The van der Waals surface area contributed by atoms with Gasteiger partial charge in [-0.1, -0.05) is 41.6 Å². The molecule has 0 bridgehead atoms. The quantitative estimate of drug-likeness (QED) is 0.318. The summed E-state index contributed by atoms with van der Waals surface area (Å²) in [6.45, 7) is 9.70. The second-order valence-corrected chi connectivity index (χ2v) is 10.1. The van der Waals surface area contributed by atoms with Crippen LogP contribution in [0.2, 0.25) is 0 Å². The number of hydrogen-bond acceptors (Lipinski definition) is 8. The molecule has 1 atom stereocenters. The molecule has 204 valence electrons. The van der Waals surface area contributed by atoms with Gasteiger partial charge < -0.3 is 19.5 Å². The van der Waals surface area contributed by atoms with E-state index in [1.165, 1.54) is 0 Å². The molecule has 40 heavy (non-hydrogen) atoms. The van der Waals surface area contributed by atoms with Gasteiger partial charge in [0.2, 0.25) is 5.82 Å². The lowest BCUT2D eigenvalue weighted by Gasteiger charge is -2.37. The predicted molar refractivity (Wildman–Crippen MR) is 151 cm³/mol. The number of nitrogens with zero attached hydrogens (tertiary/aromatic N) is 5. The highest BCUT2D eigenvalue weighted by Crippen LogP contribution is 2.36. The molecular weight excluding hydrogens is 506 g/mol. The largest absolute Gasteiger partial charge is 0.377 e. The molecule has 0 radical (unpaired) electrons. The second kappa shape index (κ2) is 10.5. The van der Waals surface area contributed by atoms with Gasteiger partial charge in [0.25, 0.3) is 5.91 Å². The summed E-state index contributed by atoms with van der Waals surface area (Å²) in [7, 11) is 0. The Labute approximate surface area is 231 Å². The van der Waals surface area contributed by atoms with Crippen molar-refractivity contribution >= 4 is 22.6 Å². The van der Waals surface area contributed by atoms with Gasteiger partial charge >= 0.3 is 0 Å². The number of anilines is 1. The zero-order valence-corrected chi connectivity index (χ0v) is 23.0. The third-order valence-electron chi connectivity index (χ3n) is 7.49. The molecule has 1 aliphatic heterocycles. The highest BCUT2D eigenvalue weighted by Gasteiger charge is 2.29. The van der Waals surface area contributed by atoms with Crippen LogP contribution in [-0.4, -0.2) is 51.0 Å². The number of ether oxygens (including phenoxy) is 1. The number of morpholine rings is 1. The highest BCUT2D eigenvalue weighted by molar-refractivity contribution is 5.98. The number of fused-ring (bicyclic) bond motifs is 1. The van der Waals surface area contributed by atoms with Gasteiger partial charge in [0.05, 0.1) is 36.2 Å². The van der Waals surface area contributed by atoms with E-state index in [9.17, 15) is 4.79 Å². The van der Waals surface area contributed by atoms with Crippen molar-refractivity contribution in [1.29, 1.82) is 0 Å². The van der Waals surface area contributed by atoms with Gasteiger partial charge in [-0.05, 0) is 51.0 Å². The topological polar surface area (TPSA) is 122 Å². The van der Waals surface area contributed by atoms with E-state index in [4.69, 9.17) is 19.2 Å². The van der Waals surface area contributed by atoms with E-state index in [0.717, 1.165) is 50.5 Å². The average Bonchev–Trinajstić information content (AvgIpc) is 3.49. The van der Waals surface area contributed by atoms with Crippen LogP contribution in [0, 0.1) is 27.7 Å². The van der Waals surface area contributed by atoms with Gasteiger partial charge in [-0.2, -0.15) is 5.10 Å². The Morgan fingerprint density at radius 1 is 1.07 bits per heavy atom. The number of aryl methyl sites for hydroxylation is 4. The summed E-state index contributed by atoms with van der Waals surface area (Å²) < 4.78 is 11.3. The minimum atomic E-state index is -0.345. The fourth-order valence-electron chi connectivity index (χ4n) is 5.37. The zero-order chi connectivity index (χ0) is 27.8. The Kier molecular flexibility index (Phi) is 6.77. The van der Waals surface area contributed by atoms with Crippen molar-refractivity contribution in [3.8, 4) is 11.1 Å². The van der Waals surface area contributed by atoms with Gasteiger partial charge in [-0.25, -0.2) is 9.97 Å². The number of aromatic amines is 1. The summed E-state index contributed by atoms with van der Waals surface area (Å²) in [4.78, 5) is 25.2. The first-order chi connectivity index (χ1) is 19.4. The highest BCUT2D eigenvalue weighted by atomic mass is 16.5. The van der Waals surface area contributed by atoms with Crippen LogP contribution in [0.25, 0.3) is 22.0 Å². The molecule has 6 rings (SSSR count). The van der Waals surface area contributed by atoms with Gasteiger partial charge in [0, 0.05) is 35.3 Å². The molecule has 3 aromatic heterocycles. The Balaban J connectivity index is 1.46. The number of benzene rings is 2. The summed E-state index contributed by atoms with van der Waals surface area (Å²) in [6, 6.07) is 16.1. The maximum absolute atomic E-state index is 13.4. The molecule has 1 aliphatic rings. The van der Waals surface area contributed by atoms with Crippen molar-refractivity contribution in [3.63, 3.8) is 0 Å². The van der Waals surface area contributed by atoms with Crippen LogP contribution < -0.4 is 10.2 Å². The van der Waals surface area contributed by atoms with Crippen LogP contribution in [0.4, 0.5) is 5.82 Å². The van der Waals surface area contributed by atoms with Crippen molar-refractivity contribution < 1.29 is 14.1 Å². The fraction of sp³-hybridized carbons (Fsp3) is 0.300. The fourth-order valence-corrected chi connectivity index (χ4v) is 5.37. The first kappa shape index (κ1) is 25.7. The van der Waals surface area contributed by atoms with Crippen molar-refractivity contribution in [2.75, 3.05) is 24.7 Å².